The molecule has 1 N–H and O–H groups in total. The van der Waals surface area contributed by atoms with E-state index in [1.54, 1.807) is 13.8 Å². The van der Waals surface area contributed by atoms with Gasteiger partial charge in [0.2, 0.25) is 0 Å². The van der Waals surface area contributed by atoms with Gasteiger partial charge in [0.15, 0.2) is 0 Å². The van der Waals surface area contributed by atoms with Crippen molar-refractivity contribution in [2.24, 2.45) is 0 Å². The highest BCUT2D eigenvalue weighted by atomic mass is 19.1. The van der Waals surface area contributed by atoms with E-state index in [2.05, 4.69) is 6.92 Å². The van der Waals surface area contributed by atoms with Crippen LogP contribution in [-0.4, -0.2) is 41.9 Å². The Kier molecular flexibility index (Phi) is 10.4. The Morgan fingerprint density at radius 3 is 2.31 bits per heavy atom. The molecule has 1 aromatic carbocycles. The summed E-state index contributed by atoms with van der Waals surface area (Å²) in [5.41, 5.74) is 0.465. The van der Waals surface area contributed by atoms with Crippen LogP contribution in [-0.2, 0) is 9.53 Å². The molecular weight excluding hydrogens is 340 g/mol. The minimum atomic E-state index is -0.651. The minimum Gasteiger partial charge on any atom is -0.463 e. The fourth-order valence-corrected chi connectivity index (χ4v) is 2.91. The van der Waals surface area contributed by atoms with Crippen molar-refractivity contribution in [3.63, 3.8) is 0 Å². The molecule has 0 heterocycles. The van der Waals surface area contributed by atoms with Crippen molar-refractivity contribution in [3.8, 4) is 0 Å². The van der Waals surface area contributed by atoms with Crippen LogP contribution in [0.2, 0.25) is 0 Å². The van der Waals surface area contributed by atoms with E-state index in [1.807, 2.05) is 4.90 Å². The van der Waals surface area contributed by atoms with E-state index in [9.17, 15) is 18.7 Å². The lowest BCUT2D eigenvalue weighted by molar-refractivity contribution is -0.147. The number of aliphatic hydroxyl groups excluding tert-OH is 1. The first-order chi connectivity index (χ1) is 12.3. The highest BCUT2D eigenvalue weighted by molar-refractivity contribution is 5.70. The summed E-state index contributed by atoms with van der Waals surface area (Å²) in [6, 6.07) is 3.37. The van der Waals surface area contributed by atoms with Gasteiger partial charge in [-0.2, -0.15) is 0 Å². The second kappa shape index (κ2) is 12.0. The van der Waals surface area contributed by atoms with Gasteiger partial charge in [-0.25, -0.2) is 8.78 Å². The van der Waals surface area contributed by atoms with E-state index in [4.69, 9.17) is 4.74 Å². The summed E-state index contributed by atoms with van der Waals surface area (Å²) in [5.74, 6) is -2.00. The number of unbranched alkanes of at least 4 members (excludes halogenated alkanes) is 1. The predicted octanol–water partition coefficient (Wildman–Crippen LogP) is 4.22. The van der Waals surface area contributed by atoms with Gasteiger partial charge < -0.3 is 9.84 Å². The van der Waals surface area contributed by atoms with E-state index in [0.29, 0.717) is 24.9 Å². The normalized spacial score (nSPS) is 12.6. The smallest absolute Gasteiger partial charge is 0.306 e. The molecule has 0 saturated heterocycles. The summed E-state index contributed by atoms with van der Waals surface area (Å²) >= 11 is 0. The van der Waals surface area contributed by atoms with Gasteiger partial charge in [0.1, 0.15) is 11.6 Å². The third-order valence-electron chi connectivity index (χ3n) is 4.19. The number of aliphatic hydroxyl groups is 1. The molecule has 0 saturated carbocycles. The summed E-state index contributed by atoms with van der Waals surface area (Å²) in [6.45, 7) is 7.08. The molecular formula is C20H31F2NO3. The number of carbonyl (C=O) groups excluding carboxylic acids is 1. The lowest BCUT2D eigenvalue weighted by Crippen LogP contribution is -2.27. The molecule has 0 aromatic heterocycles. The van der Waals surface area contributed by atoms with Crippen LogP contribution in [0.25, 0.3) is 0 Å². The molecule has 0 spiro atoms. The van der Waals surface area contributed by atoms with Crippen LogP contribution in [0.4, 0.5) is 8.78 Å². The summed E-state index contributed by atoms with van der Waals surface area (Å²) in [6.07, 6.45) is 3.18. The zero-order valence-corrected chi connectivity index (χ0v) is 16.0. The number of esters is 1. The predicted molar refractivity (Wildman–Crippen MR) is 97.7 cm³/mol. The highest BCUT2D eigenvalue weighted by Gasteiger charge is 2.20. The van der Waals surface area contributed by atoms with Crippen molar-refractivity contribution in [3.05, 3.63) is 35.4 Å². The zero-order valence-electron chi connectivity index (χ0n) is 16.0. The highest BCUT2D eigenvalue weighted by Crippen LogP contribution is 2.27. The average molecular weight is 371 g/mol. The maximum atomic E-state index is 13.6. The van der Waals surface area contributed by atoms with Crippen molar-refractivity contribution in [2.45, 2.75) is 64.9 Å². The SMILES string of the molecule is CCCCN(CO)CCCC(CC(=O)OC(C)C)c1cc(F)cc(F)c1. The van der Waals surface area contributed by atoms with E-state index < -0.39 is 11.6 Å². The van der Waals surface area contributed by atoms with Crippen LogP contribution in [0, 0.1) is 11.6 Å². The molecule has 148 valence electrons. The van der Waals surface area contributed by atoms with Gasteiger partial charge in [0.05, 0.1) is 19.3 Å². The molecule has 26 heavy (non-hydrogen) atoms. The maximum Gasteiger partial charge on any atom is 0.306 e. The van der Waals surface area contributed by atoms with Crippen LogP contribution in [0.3, 0.4) is 0 Å². The molecule has 0 amide bonds. The molecule has 1 aromatic rings. The summed E-state index contributed by atoms with van der Waals surface area (Å²) < 4.78 is 32.4. The Labute approximate surface area is 155 Å². The van der Waals surface area contributed by atoms with E-state index in [0.717, 1.165) is 25.5 Å². The lowest BCUT2D eigenvalue weighted by Gasteiger charge is -2.22. The fraction of sp³-hybridized carbons (Fsp3) is 0.650. The lowest BCUT2D eigenvalue weighted by atomic mass is 9.91. The molecule has 0 fully saturated rings. The van der Waals surface area contributed by atoms with Crippen molar-refractivity contribution in [1.82, 2.24) is 4.90 Å². The molecule has 0 aliphatic rings. The monoisotopic (exact) mass is 371 g/mol. The van der Waals surface area contributed by atoms with Gasteiger partial charge in [0, 0.05) is 19.2 Å². The van der Waals surface area contributed by atoms with Gasteiger partial charge in [-0.1, -0.05) is 13.3 Å². The molecule has 0 aliphatic heterocycles. The molecule has 0 radical (unpaired) electrons. The first kappa shape index (κ1) is 22.5. The quantitative estimate of drug-likeness (QED) is 0.441. The van der Waals surface area contributed by atoms with Gasteiger partial charge >= 0.3 is 5.97 Å². The van der Waals surface area contributed by atoms with Crippen molar-refractivity contribution >= 4 is 5.97 Å². The summed E-state index contributed by atoms with van der Waals surface area (Å²) in [4.78, 5) is 14.0. The Morgan fingerprint density at radius 2 is 1.77 bits per heavy atom. The molecule has 1 atom stereocenters. The molecule has 6 heteroatoms. The standard InChI is InChI=1S/C20H31F2NO3/c1-4-5-8-23(14-24)9-6-7-16(12-20(25)26-15(2)3)17-10-18(21)13-19(22)11-17/h10-11,13,15-16,24H,4-9,12,14H2,1-3H3. The van der Waals surface area contributed by atoms with E-state index >= 15 is 0 Å². The van der Waals surface area contributed by atoms with Crippen molar-refractivity contribution in [1.29, 1.82) is 0 Å². The van der Waals surface area contributed by atoms with E-state index in [-0.39, 0.29) is 31.1 Å². The first-order valence-electron chi connectivity index (χ1n) is 9.34. The third kappa shape index (κ3) is 8.72. The molecule has 0 aliphatic carbocycles. The van der Waals surface area contributed by atoms with Crippen LogP contribution in [0.1, 0.15) is 64.4 Å². The number of benzene rings is 1. The maximum absolute atomic E-state index is 13.6. The third-order valence-corrected chi connectivity index (χ3v) is 4.19. The van der Waals surface area contributed by atoms with Gasteiger partial charge in [-0.3, -0.25) is 9.69 Å². The topological polar surface area (TPSA) is 49.8 Å². The second-order valence-corrected chi connectivity index (χ2v) is 6.90. The summed E-state index contributed by atoms with van der Waals surface area (Å²) in [5, 5.41) is 9.40. The van der Waals surface area contributed by atoms with Crippen molar-refractivity contribution < 1.29 is 23.4 Å². The van der Waals surface area contributed by atoms with Crippen LogP contribution in [0.15, 0.2) is 18.2 Å². The summed E-state index contributed by atoms with van der Waals surface area (Å²) in [7, 11) is 0. The number of hydrogen-bond donors (Lipinski definition) is 1. The molecule has 1 rings (SSSR count). The van der Waals surface area contributed by atoms with Gasteiger partial charge in [-0.15, -0.1) is 0 Å². The van der Waals surface area contributed by atoms with Crippen LogP contribution < -0.4 is 0 Å². The Morgan fingerprint density at radius 1 is 1.15 bits per heavy atom. The second-order valence-electron chi connectivity index (χ2n) is 6.90. The average Bonchev–Trinajstić information content (AvgIpc) is 2.55. The number of hydrogen-bond acceptors (Lipinski definition) is 4. The van der Waals surface area contributed by atoms with E-state index in [1.165, 1.54) is 12.1 Å². The fourth-order valence-electron chi connectivity index (χ4n) is 2.91. The Bertz CT molecular complexity index is 532. The van der Waals surface area contributed by atoms with Crippen LogP contribution >= 0.6 is 0 Å². The molecule has 4 nitrogen and oxygen atoms in total. The van der Waals surface area contributed by atoms with Crippen LogP contribution in [0.5, 0.6) is 0 Å². The largest absolute Gasteiger partial charge is 0.463 e. The number of nitrogens with zero attached hydrogens (tertiary/aromatic N) is 1. The number of rotatable bonds is 12. The van der Waals surface area contributed by atoms with Gasteiger partial charge in [0.25, 0.3) is 0 Å². The molecule has 0 bridgehead atoms. The molecule has 1 unspecified atom stereocenters. The Hall–Kier alpha value is -1.53. The first-order valence-corrected chi connectivity index (χ1v) is 9.34. The zero-order chi connectivity index (χ0) is 19.5. The number of ether oxygens (including phenoxy) is 1. The minimum absolute atomic E-state index is 0.0192. The van der Waals surface area contributed by atoms with Gasteiger partial charge in [-0.05, 0) is 56.7 Å². The van der Waals surface area contributed by atoms with Crippen molar-refractivity contribution in [2.75, 3.05) is 19.8 Å². The Balaban J connectivity index is 2.75. The number of halogens is 2. The number of carbonyl (C=O) groups is 1.